The van der Waals surface area contributed by atoms with Crippen LogP contribution in [0.2, 0.25) is 0 Å². The van der Waals surface area contributed by atoms with Crippen LogP contribution in [0, 0.1) is 11.6 Å². The maximum absolute atomic E-state index is 14.0. The molecule has 3 rings (SSSR count). The second-order valence-electron chi connectivity index (χ2n) is 6.86. The van der Waals surface area contributed by atoms with Crippen LogP contribution in [0.25, 0.3) is 0 Å². The number of benzene rings is 2. The normalized spacial score (nSPS) is 16.2. The first-order valence-electron chi connectivity index (χ1n) is 9.61. The van der Waals surface area contributed by atoms with Crippen molar-refractivity contribution in [3.8, 4) is 11.5 Å². The molecule has 0 aliphatic carbocycles. The smallest absolute Gasteiger partial charge is 0.191 e. The summed E-state index contributed by atoms with van der Waals surface area (Å²) < 4.78 is 32.4. The van der Waals surface area contributed by atoms with Crippen molar-refractivity contribution in [3.63, 3.8) is 0 Å². The maximum Gasteiger partial charge on any atom is 0.191 e. The van der Waals surface area contributed by atoms with Gasteiger partial charge < -0.3 is 25.4 Å². The van der Waals surface area contributed by atoms with Gasteiger partial charge in [0.1, 0.15) is 23.1 Å². The summed E-state index contributed by atoms with van der Waals surface area (Å²) >= 11 is 0. The molecule has 0 bridgehead atoms. The van der Waals surface area contributed by atoms with E-state index >= 15 is 0 Å². The molecule has 0 saturated carbocycles. The minimum absolute atomic E-state index is 0. The van der Waals surface area contributed by atoms with Crippen LogP contribution < -0.4 is 20.3 Å². The molecule has 1 saturated heterocycles. The number of methoxy groups -OCH3 is 1. The number of ether oxygens (including phenoxy) is 1. The highest BCUT2D eigenvalue weighted by molar-refractivity contribution is 14.0. The van der Waals surface area contributed by atoms with Crippen molar-refractivity contribution in [2.24, 2.45) is 4.99 Å². The summed E-state index contributed by atoms with van der Waals surface area (Å²) in [7, 11) is 1.57. The molecule has 0 spiro atoms. The Morgan fingerprint density at radius 3 is 2.77 bits per heavy atom. The molecule has 2 aromatic rings. The predicted octanol–water partition coefficient (Wildman–Crippen LogP) is 3.63. The van der Waals surface area contributed by atoms with Gasteiger partial charge >= 0.3 is 0 Å². The number of hydrogen-bond donors (Lipinski definition) is 3. The third kappa shape index (κ3) is 6.10. The van der Waals surface area contributed by atoms with Crippen LogP contribution in [-0.4, -0.2) is 43.9 Å². The topological polar surface area (TPSA) is 69.1 Å². The Balaban J connectivity index is 0.00000320. The Kier molecular flexibility index (Phi) is 8.94. The Morgan fingerprint density at radius 2 is 2.07 bits per heavy atom. The van der Waals surface area contributed by atoms with E-state index in [1.807, 2.05) is 11.8 Å². The first-order valence-corrected chi connectivity index (χ1v) is 9.61. The van der Waals surface area contributed by atoms with Crippen LogP contribution in [-0.2, 0) is 6.54 Å². The molecule has 30 heavy (non-hydrogen) atoms. The minimum atomic E-state index is -0.581. The fraction of sp³-hybridized carbons (Fsp3) is 0.381. The van der Waals surface area contributed by atoms with Gasteiger partial charge in [-0.25, -0.2) is 13.8 Å². The van der Waals surface area contributed by atoms with Gasteiger partial charge in [-0.3, -0.25) is 0 Å². The highest BCUT2D eigenvalue weighted by atomic mass is 127. The lowest BCUT2D eigenvalue weighted by atomic mass is 10.2. The van der Waals surface area contributed by atoms with Crippen molar-refractivity contribution in [1.82, 2.24) is 10.6 Å². The van der Waals surface area contributed by atoms with Gasteiger partial charge in [-0.15, -0.1) is 24.0 Å². The average molecular weight is 532 g/mol. The Bertz CT molecular complexity index is 882. The first-order chi connectivity index (χ1) is 14.0. The number of guanidine groups is 1. The molecule has 1 aliphatic heterocycles. The van der Waals surface area contributed by atoms with E-state index in [9.17, 15) is 13.9 Å². The van der Waals surface area contributed by atoms with E-state index in [0.29, 0.717) is 42.6 Å². The SMILES string of the molecule is CCNC(=NCc1cc(OC)ccc1O)NC1CCN(c2ccc(F)cc2F)C1.I. The molecule has 0 radical (unpaired) electrons. The molecule has 0 amide bonds. The van der Waals surface area contributed by atoms with Crippen LogP contribution >= 0.6 is 24.0 Å². The van der Waals surface area contributed by atoms with Gasteiger partial charge in [0.15, 0.2) is 5.96 Å². The van der Waals surface area contributed by atoms with Gasteiger partial charge in [-0.1, -0.05) is 0 Å². The lowest BCUT2D eigenvalue weighted by Crippen LogP contribution is -2.44. The first kappa shape index (κ1) is 24.0. The van der Waals surface area contributed by atoms with Crippen LogP contribution in [0.5, 0.6) is 11.5 Å². The number of aromatic hydroxyl groups is 1. The molecular weight excluding hydrogens is 505 g/mol. The number of halogens is 3. The highest BCUT2D eigenvalue weighted by Crippen LogP contribution is 2.25. The zero-order valence-electron chi connectivity index (χ0n) is 17.0. The number of nitrogens with zero attached hydrogens (tertiary/aromatic N) is 2. The number of nitrogens with one attached hydrogen (secondary N) is 2. The molecule has 1 unspecified atom stereocenters. The van der Waals surface area contributed by atoms with Gasteiger partial charge in [0.05, 0.1) is 19.3 Å². The number of phenols is 1. The second kappa shape index (κ2) is 11.2. The lowest BCUT2D eigenvalue weighted by molar-refractivity contribution is 0.411. The van der Waals surface area contributed by atoms with Crippen molar-refractivity contribution in [2.45, 2.75) is 25.9 Å². The average Bonchev–Trinajstić information content (AvgIpc) is 3.15. The lowest BCUT2D eigenvalue weighted by Gasteiger charge is -2.21. The van der Waals surface area contributed by atoms with E-state index in [-0.39, 0.29) is 42.3 Å². The number of anilines is 1. The van der Waals surface area contributed by atoms with E-state index in [4.69, 9.17) is 4.74 Å². The number of phenolic OH excluding ortho intramolecular Hbond substituents is 1. The molecule has 1 atom stereocenters. The molecule has 1 heterocycles. The summed E-state index contributed by atoms with van der Waals surface area (Å²) in [5.74, 6) is 0.284. The van der Waals surface area contributed by atoms with Crippen LogP contribution in [0.1, 0.15) is 18.9 Å². The zero-order chi connectivity index (χ0) is 20.8. The number of aliphatic imine (C=N–C) groups is 1. The van der Waals surface area contributed by atoms with Crippen LogP contribution in [0.15, 0.2) is 41.4 Å². The molecule has 1 aliphatic rings. The largest absolute Gasteiger partial charge is 0.508 e. The van der Waals surface area contributed by atoms with Gasteiger partial charge in [0.25, 0.3) is 0 Å². The van der Waals surface area contributed by atoms with Gasteiger partial charge in [-0.05, 0) is 43.7 Å². The molecule has 164 valence electrons. The van der Waals surface area contributed by atoms with Crippen molar-refractivity contribution in [1.29, 1.82) is 0 Å². The summed E-state index contributed by atoms with van der Waals surface area (Å²) in [5, 5.41) is 16.6. The highest BCUT2D eigenvalue weighted by Gasteiger charge is 2.25. The fourth-order valence-corrected chi connectivity index (χ4v) is 3.33. The zero-order valence-corrected chi connectivity index (χ0v) is 19.3. The summed E-state index contributed by atoms with van der Waals surface area (Å²) in [4.78, 5) is 6.44. The molecule has 9 heteroatoms. The number of hydrogen-bond acceptors (Lipinski definition) is 4. The standard InChI is InChI=1S/C21H26F2N4O2.HI/c1-3-24-21(25-12-14-10-17(29-2)5-7-20(14)28)26-16-8-9-27(13-16)19-6-4-15(22)11-18(19)23;/h4-7,10-11,16,28H,3,8-9,12-13H2,1-2H3,(H2,24,25,26);1H. The molecule has 3 N–H and O–H groups in total. The van der Waals surface area contributed by atoms with E-state index in [2.05, 4.69) is 15.6 Å². The quantitative estimate of drug-likeness (QED) is 0.301. The monoisotopic (exact) mass is 532 g/mol. The third-order valence-electron chi connectivity index (χ3n) is 4.82. The Labute approximate surface area is 192 Å². The van der Waals surface area contributed by atoms with Crippen LogP contribution in [0.4, 0.5) is 14.5 Å². The molecule has 2 aromatic carbocycles. The van der Waals surface area contributed by atoms with Crippen molar-refractivity contribution in [3.05, 3.63) is 53.6 Å². The van der Waals surface area contributed by atoms with Gasteiger partial charge in [0, 0.05) is 37.3 Å². The van der Waals surface area contributed by atoms with Gasteiger partial charge in [0.2, 0.25) is 0 Å². The maximum atomic E-state index is 14.0. The van der Waals surface area contributed by atoms with Crippen LogP contribution in [0.3, 0.4) is 0 Å². The van der Waals surface area contributed by atoms with E-state index in [1.54, 1.807) is 25.3 Å². The molecular formula is C21H27F2IN4O2. The Hall–Kier alpha value is -2.30. The van der Waals surface area contributed by atoms with Crippen molar-refractivity contribution in [2.75, 3.05) is 31.6 Å². The summed E-state index contributed by atoms with van der Waals surface area (Å²) in [6.45, 7) is 4.17. The van der Waals surface area contributed by atoms with E-state index in [0.717, 1.165) is 12.5 Å². The molecule has 1 fully saturated rings. The third-order valence-corrected chi connectivity index (χ3v) is 4.82. The molecule has 6 nitrogen and oxygen atoms in total. The van der Waals surface area contributed by atoms with Gasteiger partial charge in [-0.2, -0.15) is 0 Å². The summed E-state index contributed by atoms with van der Waals surface area (Å²) in [5.41, 5.74) is 1.06. The summed E-state index contributed by atoms with van der Waals surface area (Å²) in [6.07, 6.45) is 0.797. The fourth-order valence-electron chi connectivity index (χ4n) is 3.33. The minimum Gasteiger partial charge on any atom is -0.508 e. The second-order valence-corrected chi connectivity index (χ2v) is 6.86. The number of rotatable bonds is 6. The van der Waals surface area contributed by atoms with E-state index in [1.165, 1.54) is 12.1 Å². The Morgan fingerprint density at radius 1 is 1.27 bits per heavy atom. The summed E-state index contributed by atoms with van der Waals surface area (Å²) in [6, 6.07) is 8.72. The van der Waals surface area contributed by atoms with Crippen molar-refractivity contribution < 1.29 is 18.6 Å². The van der Waals surface area contributed by atoms with E-state index < -0.39 is 11.6 Å². The molecule has 0 aromatic heterocycles. The van der Waals surface area contributed by atoms with Crippen molar-refractivity contribution >= 4 is 35.6 Å². The predicted molar refractivity (Wildman–Crippen MR) is 125 cm³/mol.